The van der Waals surface area contributed by atoms with Crippen molar-refractivity contribution in [3.05, 3.63) is 16.1 Å². The SMILES string of the molecule is CC(=O)C(C)(C#N)Cc1cnc(C)s1. The van der Waals surface area contributed by atoms with Crippen LogP contribution in [0.25, 0.3) is 0 Å². The topological polar surface area (TPSA) is 53.8 Å². The maximum absolute atomic E-state index is 11.3. The van der Waals surface area contributed by atoms with Gasteiger partial charge in [-0.1, -0.05) is 0 Å². The van der Waals surface area contributed by atoms with Gasteiger partial charge < -0.3 is 0 Å². The van der Waals surface area contributed by atoms with Gasteiger partial charge in [-0.15, -0.1) is 11.3 Å². The van der Waals surface area contributed by atoms with Crippen LogP contribution in [0, 0.1) is 23.7 Å². The second-order valence-corrected chi connectivity index (χ2v) is 4.84. The van der Waals surface area contributed by atoms with E-state index in [1.165, 1.54) is 18.3 Å². The summed E-state index contributed by atoms with van der Waals surface area (Å²) in [5.74, 6) is -0.0916. The number of carbonyl (C=O) groups excluding carboxylic acids is 1. The van der Waals surface area contributed by atoms with Crippen molar-refractivity contribution in [3.63, 3.8) is 0 Å². The third-order valence-electron chi connectivity index (χ3n) is 2.22. The predicted octanol–water partition coefficient (Wildman–Crippen LogP) is 2.11. The fourth-order valence-corrected chi connectivity index (χ4v) is 2.03. The van der Waals surface area contributed by atoms with Gasteiger partial charge in [-0.25, -0.2) is 4.98 Å². The Morgan fingerprint density at radius 3 is 2.79 bits per heavy atom. The Morgan fingerprint density at radius 2 is 2.43 bits per heavy atom. The number of aromatic nitrogens is 1. The maximum atomic E-state index is 11.3. The summed E-state index contributed by atoms with van der Waals surface area (Å²) in [6.45, 7) is 5.03. The molecule has 0 spiro atoms. The molecule has 0 fully saturated rings. The molecular formula is C10H12N2OS. The second kappa shape index (κ2) is 3.89. The molecule has 74 valence electrons. The molecule has 0 amide bonds. The first-order valence-electron chi connectivity index (χ1n) is 4.31. The molecule has 0 bridgehead atoms. The van der Waals surface area contributed by atoms with E-state index >= 15 is 0 Å². The Kier molecular flexibility index (Phi) is 3.02. The van der Waals surface area contributed by atoms with E-state index in [-0.39, 0.29) is 5.78 Å². The molecule has 0 N–H and O–H groups in total. The number of hydrogen-bond acceptors (Lipinski definition) is 4. The molecule has 1 unspecified atom stereocenters. The van der Waals surface area contributed by atoms with Crippen LogP contribution >= 0.6 is 11.3 Å². The first-order valence-corrected chi connectivity index (χ1v) is 5.13. The number of nitrogens with zero attached hydrogens (tertiary/aromatic N) is 2. The highest BCUT2D eigenvalue weighted by atomic mass is 32.1. The lowest BCUT2D eigenvalue weighted by molar-refractivity contribution is -0.123. The van der Waals surface area contributed by atoms with Crippen molar-refractivity contribution in [3.8, 4) is 6.07 Å². The van der Waals surface area contributed by atoms with E-state index < -0.39 is 5.41 Å². The van der Waals surface area contributed by atoms with Crippen LogP contribution in [-0.2, 0) is 11.2 Å². The highest BCUT2D eigenvalue weighted by Crippen LogP contribution is 2.25. The van der Waals surface area contributed by atoms with E-state index in [1.54, 1.807) is 13.1 Å². The number of aryl methyl sites for hydroxylation is 1. The number of thiazole rings is 1. The lowest BCUT2D eigenvalue weighted by atomic mass is 9.84. The van der Waals surface area contributed by atoms with Gasteiger partial charge in [0.15, 0.2) is 0 Å². The van der Waals surface area contributed by atoms with Crippen molar-refractivity contribution in [1.29, 1.82) is 5.26 Å². The van der Waals surface area contributed by atoms with Crippen molar-refractivity contribution in [1.82, 2.24) is 4.98 Å². The van der Waals surface area contributed by atoms with Gasteiger partial charge >= 0.3 is 0 Å². The standard InChI is InChI=1S/C10H12N2OS/c1-7(13)10(3,6-11)4-9-5-12-8(2)14-9/h5H,4H2,1-3H3. The number of carbonyl (C=O) groups is 1. The van der Waals surface area contributed by atoms with Crippen LogP contribution in [0.15, 0.2) is 6.20 Å². The molecule has 0 radical (unpaired) electrons. The average molecular weight is 208 g/mol. The van der Waals surface area contributed by atoms with E-state index in [9.17, 15) is 4.79 Å². The summed E-state index contributed by atoms with van der Waals surface area (Å²) in [5.41, 5.74) is -0.904. The lowest BCUT2D eigenvalue weighted by Gasteiger charge is -2.15. The van der Waals surface area contributed by atoms with Crippen LogP contribution < -0.4 is 0 Å². The minimum absolute atomic E-state index is 0.0916. The number of rotatable bonds is 3. The molecule has 0 saturated carbocycles. The molecule has 1 rings (SSSR count). The van der Waals surface area contributed by atoms with Gasteiger partial charge in [0.2, 0.25) is 0 Å². The summed E-state index contributed by atoms with van der Waals surface area (Å²) < 4.78 is 0. The number of ketones is 1. The van der Waals surface area contributed by atoms with Gasteiger partial charge in [-0.05, 0) is 20.8 Å². The first-order chi connectivity index (χ1) is 6.48. The van der Waals surface area contributed by atoms with Crippen LogP contribution in [0.1, 0.15) is 23.7 Å². The predicted molar refractivity (Wildman–Crippen MR) is 55.0 cm³/mol. The highest BCUT2D eigenvalue weighted by Gasteiger charge is 2.30. The third kappa shape index (κ3) is 2.18. The zero-order valence-electron chi connectivity index (χ0n) is 8.50. The van der Waals surface area contributed by atoms with Crippen LogP contribution in [0.2, 0.25) is 0 Å². The van der Waals surface area contributed by atoms with Gasteiger partial charge in [0.1, 0.15) is 11.2 Å². The molecule has 0 aliphatic carbocycles. The molecule has 1 atom stereocenters. The molecule has 1 heterocycles. The van der Waals surface area contributed by atoms with Crippen LogP contribution in [0.5, 0.6) is 0 Å². The summed E-state index contributed by atoms with van der Waals surface area (Å²) in [6, 6.07) is 2.06. The smallest absolute Gasteiger partial charge is 0.150 e. The Labute approximate surface area is 87.4 Å². The Balaban J connectivity index is 2.87. The van der Waals surface area contributed by atoms with E-state index in [1.807, 2.05) is 6.92 Å². The Hall–Kier alpha value is -1.21. The summed E-state index contributed by atoms with van der Waals surface area (Å²) >= 11 is 1.53. The summed E-state index contributed by atoms with van der Waals surface area (Å²) in [5, 5.41) is 9.90. The summed E-state index contributed by atoms with van der Waals surface area (Å²) in [4.78, 5) is 16.3. The molecule has 3 nitrogen and oxygen atoms in total. The van der Waals surface area contributed by atoms with Crippen LogP contribution in [0.4, 0.5) is 0 Å². The quantitative estimate of drug-likeness (QED) is 0.764. The normalized spacial score (nSPS) is 14.4. The molecule has 1 aromatic rings. The van der Waals surface area contributed by atoms with Gasteiger partial charge in [0, 0.05) is 17.5 Å². The molecule has 4 heteroatoms. The van der Waals surface area contributed by atoms with E-state index in [0.717, 1.165) is 9.88 Å². The average Bonchev–Trinajstić information content (AvgIpc) is 2.50. The minimum atomic E-state index is -0.904. The fourth-order valence-electron chi connectivity index (χ4n) is 1.08. The molecule has 0 aliphatic rings. The maximum Gasteiger partial charge on any atom is 0.150 e. The van der Waals surface area contributed by atoms with Crippen molar-refractivity contribution < 1.29 is 4.79 Å². The molecule has 0 saturated heterocycles. The van der Waals surface area contributed by atoms with Crippen molar-refractivity contribution in [2.24, 2.45) is 5.41 Å². The number of Topliss-reactive ketones (excluding diaryl/α,β-unsaturated/α-hetero) is 1. The van der Waals surface area contributed by atoms with Crippen molar-refractivity contribution >= 4 is 17.1 Å². The molecule has 0 aliphatic heterocycles. The van der Waals surface area contributed by atoms with Crippen LogP contribution in [0.3, 0.4) is 0 Å². The van der Waals surface area contributed by atoms with Gasteiger partial charge in [0.05, 0.1) is 11.1 Å². The van der Waals surface area contributed by atoms with E-state index in [4.69, 9.17) is 5.26 Å². The number of hydrogen-bond donors (Lipinski definition) is 0. The van der Waals surface area contributed by atoms with E-state index in [0.29, 0.717) is 6.42 Å². The summed E-state index contributed by atoms with van der Waals surface area (Å²) in [7, 11) is 0. The van der Waals surface area contributed by atoms with Gasteiger partial charge in [-0.2, -0.15) is 5.26 Å². The zero-order chi connectivity index (χ0) is 10.8. The minimum Gasteiger partial charge on any atom is -0.298 e. The summed E-state index contributed by atoms with van der Waals surface area (Å²) in [6.07, 6.45) is 2.20. The molecule has 14 heavy (non-hydrogen) atoms. The van der Waals surface area contributed by atoms with Crippen LogP contribution in [-0.4, -0.2) is 10.8 Å². The van der Waals surface area contributed by atoms with Crippen molar-refractivity contribution in [2.45, 2.75) is 27.2 Å². The number of nitriles is 1. The lowest BCUT2D eigenvalue weighted by Crippen LogP contribution is -2.25. The van der Waals surface area contributed by atoms with Gasteiger partial charge in [-0.3, -0.25) is 4.79 Å². The molecule has 1 aromatic heterocycles. The Bertz CT molecular complexity index is 391. The van der Waals surface area contributed by atoms with Gasteiger partial charge in [0.25, 0.3) is 0 Å². The monoisotopic (exact) mass is 208 g/mol. The third-order valence-corrected chi connectivity index (χ3v) is 3.13. The van der Waals surface area contributed by atoms with Crippen molar-refractivity contribution in [2.75, 3.05) is 0 Å². The first kappa shape index (κ1) is 10.9. The second-order valence-electron chi connectivity index (χ2n) is 3.52. The molecule has 0 aromatic carbocycles. The molecular weight excluding hydrogens is 196 g/mol. The fraction of sp³-hybridized carbons (Fsp3) is 0.500. The van der Waals surface area contributed by atoms with E-state index in [2.05, 4.69) is 11.1 Å². The highest BCUT2D eigenvalue weighted by molar-refractivity contribution is 7.11. The zero-order valence-corrected chi connectivity index (χ0v) is 9.31. The Morgan fingerprint density at radius 1 is 1.79 bits per heavy atom. The largest absolute Gasteiger partial charge is 0.298 e.